The fraction of sp³-hybridized carbons (Fsp3) is 0.385. The van der Waals surface area contributed by atoms with Gasteiger partial charge in [-0.15, -0.1) is 11.3 Å². The summed E-state index contributed by atoms with van der Waals surface area (Å²) in [6.45, 7) is 6.76. The van der Waals surface area contributed by atoms with Crippen molar-refractivity contribution in [2.75, 3.05) is 6.54 Å². The van der Waals surface area contributed by atoms with Gasteiger partial charge in [-0.25, -0.2) is 4.98 Å². The summed E-state index contributed by atoms with van der Waals surface area (Å²) in [6, 6.07) is 4.19. The minimum absolute atomic E-state index is 0.667. The summed E-state index contributed by atoms with van der Waals surface area (Å²) in [5.74, 6) is 0. The fourth-order valence-corrected chi connectivity index (χ4v) is 2.79. The van der Waals surface area contributed by atoms with Gasteiger partial charge < -0.3 is 5.73 Å². The van der Waals surface area contributed by atoms with E-state index in [-0.39, 0.29) is 0 Å². The van der Waals surface area contributed by atoms with Crippen LogP contribution in [-0.2, 0) is 6.42 Å². The SMILES string of the molecule is Cc1nc(C)c(-c2ccc(CCN)c(C)n2)s1. The molecule has 0 bridgehead atoms. The van der Waals surface area contributed by atoms with Crippen molar-refractivity contribution in [1.82, 2.24) is 9.97 Å². The standard InChI is InChI=1S/C13H17N3S/c1-8-11(6-7-14)4-5-12(16-8)13-9(2)15-10(3)17-13/h4-5H,6-7,14H2,1-3H3. The molecule has 90 valence electrons. The number of aryl methyl sites for hydroxylation is 3. The van der Waals surface area contributed by atoms with Crippen molar-refractivity contribution >= 4 is 11.3 Å². The van der Waals surface area contributed by atoms with E-state index in [9.17, 15) is 0 Å². The number of aromatic nitrogens is 2. The van der Waals surface area contributed by atoms with E-state index in [4.69, 9.17) is 5.73 Å². The molecule has 0 aliphatic carbocycles. The maximum absolute atomic E-state index is 5.57. The highest BCUT2D eigenvalue weighted by molar-refractivity contribution is 7.15. The Bertz CT molecular complexity index is 531. The Morgan fingerprint density at radius 2 is 1.88 bits per heavy atom. The number of nitrogens with zero attached hydrogens (tertiary/aromatic N) is 2. The summed E-state index contributed by atoms with van der Waals surface area (Å²) < 4.78 is 0. The first-order chi connectivity index (χ1) is 8.11. The van der Waals surface area contributed by atoms with E-state index in [1.54, 1.807) is 11.3 Å². The van der Waals surface area contributed by atoms with Crippen molar-refractivity contribution in [2.45, 2.75) is 27.2 Å². The maximum Gasteiger partial charge on any atom is 0.0904 e. The predicted molar refractivity (Wildman–Crippen MR) is 72.3 cm³/mol. The third-order valence-electron chi connectivity index (χ3n) is 2.75. The molecule has 0 aliphatic heterocycles. The Morgan fingerprint density at radius 3 is 2.41 bits per heavy atom. The zero-order chi connectivity index (χ0) is 12.4. The smallest absolute Gasteiger partial charge is 0.0904 e. The molecular weight excluding hydrogens is 230 g/mol. The van der Waals surface area contributed by atoms with E-state index in [1.807, 2.05) is 20.8 Å². The van der Waals surface area contributed by atoms with Crippen LogP contribution in [0.5, 0.6) is 0 Å². The van der Waals surface area contributed by atoms with E-state index in [2.05, 4.69) is 22.1 Å². The second kappa shape index (κ2) is 4.94. The molecule has 0 spiro atoms. The molecule has 2 rings (SSSR count). The maximum atomic E-state index is 5.57. The Hall–Kier alpha value is -1.26. The molecule has 0 saturated carbocycles. The first-order valence-electron chi connectivity index (χ1n) is 5.73. The normalized spacial score (nSPS) is 10.8. The molecule has 2 aromatic heterocycles. The average Bonchev–Trinajstić information content (AvgIpc) is 2.61. The minimum atomic E-state index is 0.667. The average molecular weight is 247 g/mol. The minimum Gasteiger partial charge on any atom is -0.330 e. The summed E-state index contributed by atoms with van der Waals surface area (Å²) in [4.78, 5) is 10.3. The molecule has 0 atom stereocenters. The van der Waals surface area contributed by atoms with Crippen LogP contribution in [0.4, 0.5) is 0 Å². The van der Waals surface area contributed by atoms with Gasteiger partial charge in [0, 0.05) is 5.69 Å². The summed E-state index contributed by atoms with van der Waals surface area (Å²) in [5, 5.41) is 1.09. The summed E-state index contributed by atoms with van der Waals surface area (Å²) >= 11 is 1.70. The zero-order valence-electron chi connectivity index (χ0n) is 10.4. The largest absolute Gasteiger partial charge is 0.330 e. The van der Waals surface area contributed by atoms with Crippen LogP contribution in [-0.4, -0.2) is 16.5 Å². The van der Waals surface area contributed by atoms with Crippen LogP contribution in [0.1, 0.15) is 22.0 Å². The summed E-state index contributed by atoms with van der Waals surface area (Å²) in [6.07, 6.45) is 0.889. The molecule has 2 heterocycles. The van der Waals surface area contributed by atoms with Crippen molar-refractivity contribution in [3.63, 3.8) is 0 Å². The number of hydrogen-bond donors (Lipinski definition) is 1. The van der Waals surface area contributed by atoms with Crippen LogP contribution < -0.4 is 5.73 Å². The van der Waals surface area contributed by atoms with Gasteiger partial charge in [-0.2, -0.15) is 0 Å². The van der Waals surface area contributed by atoms with Gasteiger partial charge in [-0.3, -0.25) is 4.98 Å². The van der Waals surface area contributed by atoms with Gasteiger partial charge in [0.05, 0.1) is 21.3 Å². The van der Waals surface area contributed by atoms with E-state index in [1.165, 1.54) is 10.4 Å². The van der Waals surface area contributed by atoms with Crippen LogP contribution in [0, 0.1) is 20.8 Å². The molecule has 2 N–H and O–H groups in total. The van der Waals surface area contributed by atoms with Crippen LogP contribution in [0.2, 0.25) is 0 Å². The lowest BCUT2D eigenvalue weighted by Gasteiger charge is -2.05. The Labute approximate surface area is 106 Å². The molecule has 0 fully saturated rings. The number of hydrogen-bond acceptors (Lipinski definition) is 4. The van der Waals surface area contributed by atoms with Gasteiger partial charge in [0.25, 0.3) is 0 Å². The molecule has 0 radical (unpaired) electrons. The second-order valence-corrected chi connectivity index (χ2v) is 5.33. The van der Waals surface area contributed by atoms with Gasteiger partial charge in [0.2, 0.25) is 0 Å². The fourth-order valence-electron chi connectivity index (χ4n) is 1.91. The van der Waals surface area contributed by atoms with Crippen molar-refractivity contribution in [3.05, 3.63) is 34.1 Å². The van der Waals surface area contributed by atoms with Gasteiger partial charge in [-0.1, -0.05) is 6.07 Å². The van der Waals surface area contributed by atoms with Gasteiger partial charge in [0.1, 0.15) is 0 Å². The molecule has 0 saturated heterocycles. The van der Waals surface area contributed by atoms with Crippen molar-refractivity contribution in [1.29, 1.82) is 0 Å². The predicted octanol–water partition coefficient (Wildman–Crippen LogP) is 2.63. The summed E-state index contributed by atoms with van der Waals surface area (Å²) in [5.41, 5.74) is 9.95. The Kier molecular flexibility index (Phi) is 3.54. The van der Waals surface area contributed by atoms with Crippen molar-refractivity contribution in [2.24, 2.45) is 5.73 Å². The molecule has 0 amide bonds. The summed E-state index contributed by atoms with van der Waals surface area (Å²) in [7, 11) is 0. The monoisotopic (exact) mass is 247 g/mol. The number of rotatable bonds is 3. The molecule has 3 nitrogen and oxygen atoms in total. The highest BCUT2D eigenvalue weighted by atomic mass is 32.1. The first kappa shape index (κ1) is 12.2. The molecule has 17 heavy (non-hydrogen) atoms. The van der Waals surface area contributed by atoms with E-state index < -0.39 is 0 Å². The second-order valence-electron chi connectivity index (χ2n) is 4.13. The molecular formula is C13H17N3S. The highest BCUT2D eigenvalue weighted by Gasteiger charge is 2.10. The van der Waals surface area contributed by atoms with Gasteiger partial charge in [0.15, 0.2) is 0 Å². The Balaban J connectivity index is 2.41. The lowest BCUT2D eigenvalue weighted by molar-refractivity contribution is 0.940. The van der Waals surface area contributed by atoms with Crippen molar-refractivity contribution in [3.8, 4) is 10.6 Å². The zero-order valence-corrected chi connectivity index (χ0v) is 11.3. The molecule has 0 aromatic carbocycles. The highest BCUT2D eigenvalue weighted by Crippen LogP contribution is 2.28. The topological polar surface area (TPSA) is 51.8 Å². The van der Waals surface area contributed by atoms with Gasteiger partial charge in [-0.05, 0) is 45.4 Å². The third-order valence-corrected chi connectivity index (χ3v) is 3.84. The Morgan fingerprint density at radius 1 is 1.12 bits per heavy atom. The van der Waals surface area contributed by atoms with Crippen LogP contribution in [0.3, 0.4) is 0 Å². The van der Waals surface area contributed by atoms with Gasteiger partial charge >= 0.3 is 0 Å². The van der Waals surface area contributed by atoms with Crippen molar-refractivity contribution < 1.29 is 0 Å². The lowest BCUT2D eigenvalue weighted by atomic mass is 10.1. The van der Waals surface area contributed by atoms with Crippen LogP contribution in [0.15, 0.2) is 12.1 Å². The number of pyridine rings is 1. The molecule has 0 unspecified atom stereocenters. The quantitative estimate of drug-likeness (QED) is 0.907. The molecule has 4 heteroatoms. The van der Waals surface area contributed by atoms with Crippen LogP contribution >= 0.6 is 11.3 Å². The third kappa shape index (κ3) is 2.53. The van der Waals surface area contributed by atoms with E-state index in [0.29, 0.717) is 6.54 Å². The van der Waals surface area contributed by atoms with E-state index in [0.717, 1.165) is 28.5 Å². The van der Waals surface area contributed by atoms with E-state index >= 15 is 0 Å². The van der Waals surface area contributed by atoms with Crippen LogP contribution in [0.25, 0.3) is 10.6 Å². The molecule has 2 aromatic rings. The first-order valence-corrected chi connectivity index (χ1v) is 6.54. The lowest BCUT2D eigenvalue weighted by Crippen LogP contribution is -2.05. The molecule has 0 aliphatic rings. The number of thiazole rings is 1. The number of nitrogens with two attached hydrogens (primary N) is 1.